The van der Waals surface area contributed by atoms with Crippen molar-refractivity contribution in [2.45, 2.75) is 13.8 Å². The summed E-state index contributed by atoms with van der Waals surface area (Å²) in [5.41, 5.74) is 2.14. The molecule has 0 unspecified atom stereocenters. The Morgan fingerprint density at radius 3 is 2.63 bits per heavy atom. The Morgan fingerprint density at radius 1 is 1.16 bits per heavy atom. The van der Waals surface area contributed by atoms with Gasteiger partial charge in [0.15, 0.2) is 5.76 Å². The van der Waals surface area contributed by atoms with Crippen molar-refractivity contribution in [1.29, 1.82) is 0 Å². The molecular formula is C15H12O3S. The highest BCUT2D eigenvalue weighted by atomic mass is 32.1. The molecular weight excluding hydrogens is 260 g/mol. The average Bonchev–Trinajstić information content (AvgIpc) is 2.81. The van der Waals surface area contributed by atoms with Crippen molar-refractivity contribution < 1.29 is 9.52 Å². The number of benzene rings is 1. The van der Waals surface area contributed by atoms with Gasteiger partial charge in [0.05, 0.1) is 10.3 Å². The second kappa shape index (κ2) is 4.24. The molecule has 3 nitrogen and oxygen atoms in total. The number of thiophene rings is 1. The molecule has 0 saturated carbocycles. The topological polar surface area (TPSA) is 50.4 Å². The Bertz CT molecular complexity index is 827. The van der Waals surface area contributed by atoms with Crippen LogP contribution < -0.4 is 5.43 Å². The van der Waals surface area contributed by atoms with E-state index >= 15 is 0 Å². The van der Waals surface area contributed by atoms with Gasteiger partial charge in [-0.3, -0.25) is 4.79 Å². The lowest BCUT2D eigenvalue weighted by Gasteiger charge is -2.04. The van der Waals surface area contributed by atoms with Gasteiger partial charge in [0.1, 0.15) is 5.58 Å². The quantitative estimate of drug-likeness (QED) is 0.732. The Hall–Kier alpha value is -2.07. The highest BCUT2D eigenvalue weighted by Gasteiger charge is 2.16. The summed E-state index contributed by atoms with van der Waals surface area (Å²) in [6.45, 7) is 3.85. The SMILES string of the molecule is Cc1csc(-c2oc3ccc(C)cc3c(=O)c2O)c1. The van der Waals surface area contributed by atoms with E-state index in [1.165, 1.54) is 11.3 Å². The third-order valence-electron chi connectivity index (χ3n) is 2.98. The Kier molecular flexibility index (Phi) is 2.68. The monoisotopic (exact) mass is 272 g/mol. The molecule has 19 heavy (non-hydrogen) atoms. The zero-order chi connectivity index (χ0) is 13.6. The third kappa shape index (κ3) is 1.94. The molecule has 2 heterocycles. The van der Waals surface area contributed by atoms with E-state index in [1.807, 2.05) is 31.4 Å². The standard InChI is InChI=1S/C15H12O3S/c1-8-3-4-11-10(5-8)13(16)14(17)15(18-11)12-6-9(2)7-19-12/h3-7,17H,1-2H3. The van der Waals surface area contributed by atoms with Gasteiger partial charge in [-0.05, 0) is 43.0 Å². The summed E-state index contributed by atoms with van der Waals surface area (Å²) >= 11 is 1.44. The van der Waals surface area contributed by atoms with Crippen LogP contribution in [0.15, 0.2) is 38.9 Å². The summed E-state index contributed by atoms with van der Waals surface area (Å²) in [4.78, 5) is 12.9. The van der Waals surface area contributed by atoms with Crippen molar-refractivity contribution in [1.82, 2.24) is 0 Å². The predicted molar refractivity (Wildman–Crippen MR) is 76.9 cm³/mol. The van der Waals surface area contributed by atoms with E-state index in [1.54, 1.807) is 12.1 Å². The minimum atomic E-state index is -0.383. The van der Waals surface area contributed by atoms with Crippen molar-refractivity contribution in [3.8, 4) is 16.4 Å². The first-order valence-corrected chi connectivity index (χ1v) is 6.76. The van der Waals surface area contributed by atoms with E-state index in [4.69, 9.17) is 4.42 Å². The maximum atomic E-state index is 12.2. The van der Waals surface area contributed by atoms with Crippen LogP contribution in [-0.4, -0.2) is 5.11 Å². The van der Waals surface area contributed by atoms with Gasteiger partial charge in [-0.2, -0.15) is 0 Å². The van der Waals surface area contributed by atoms with Crippen LogP contribution in [0, 0.1) is 13.8 Å². The number of aryl methyl sites for hydroxylation is 2. The molecule has 0 aliphatic carbocycles. The lowest BCUT2D eigenvalue weighted by Crippen LogP contribution is -2.02. The number of hydrogen-bond donors (Lipinski definition) is 1. The van der Waals surface area contributed by atoms with Gasteiger partial charge in [-0.1, -0.05) is 11.6 Å². The van der Waals surface area contributed by atoms with Gasteiger partial charge < -0.3 is 9.52 Å². The first-order valence-electron chi connectivity index (χ1n) is 5.88. The molecule has 3 rings (SSSR count). The van der Waals surface area contributed by atoms with E-state index in [-0.39, 0.29) is 16.9 Å². The molecule has 4 heteroatoms. The van der Waals surface area contributed by atoms with E-state index in [2.05, 4.69) is 0 Å². The second-order valence-electron chi connectivity index (χ2n) is 4.60. The van der Waals surface area contributed by atoms with Crippen LogP contribution in [0.5, 0.6) is 5.75 Å². The fourth-order valence-electron chi connectivity index (χ4n) is 2.02. The molecule has 0 spiro atoms. The first kappa shape index (κ1) is 12.0. The number of hydrogen-bond acceptors (Lipinski definition) is 4. The Morgan fingerprint density at radius 2 is 1.95 bits per heavy atom. The Balaban J connectivity index is 2.36. The van der Waals surface area contributed by atoms with E-state index in [9.17, 15) is 9.90 Å². The molecule has 0 amide bonds. The molecule has 96 valence electrons. The molecule has 1 aromatic carbocycles. The molecule has 2 aromatic heterocycles. The van der Waals surface area contributed by atoms with Gasteiger partial charge in [0, 0.05) is 0 Å². The minimum absolute atomic E-state index is 0.249. The fraction of sp³-hybridized carbons (Fsp3) is 0.133. The molecule has 0 aliphatic heterocycles. The lowest BCUT2D eigenvalue weighted by molar-refractivity contribution is 0.449. The van der Waals surface area contributed by atoms with Crippen molar-refractivity contribution in [3.05, 3.63) is 51.0 Å². The predicted octanol–water partition coefficient (Wildman–Crippen LogP) is 3.84. The van der Waals surface area contributed by atoms with Gasteiger partial charge >= 0.3 is 0 Å². The molecule has 0 saturated heterocycles. The van der Waals surface area contributed by atoms with Crippen LogP contribution in [-0.2, 0) is 0 Å². The van der Waals surface area contributed by atoms with Crippen LogP contribution in [0.3, 0.4) is 0 Å². The molecule has 0 radical (unpaired) electrons. The average molecular weight is 272 g/mol. The van der Waals surface area contributed by atoms with Crippen molar-refractivity contribution in [3.63, 3.8) is 0 Å². The van der Waals surface area contributed by atoms with Crippen LogP contribution >= 0.6 is 11.3 Å². The minimum Gasteiger partial charge on any atom is -0.501 e. The molecule has 3 aromatic rings. The van der Waals surface area contributed by atoms with Gasteiger partial charge in [-0.25, -0.2) is 0 Å². The van der Waals surface area contributed by atoms with E-state index in [0.717, 1.165) is 16.0 Å². The summed E-state index contributed by atoms with van der Waals surface area (Å²) in [5, 5.41) is 12.4. The van der Waals surface area contributed by atoms with Gasteiger partial charge in [-0.15, -0.1) is 11.3 Å². The third-order valence-corrected chi connectivity index (χ3v) is 4.02. The van der Waals surface area contributed by atoms with Crippen molar-refractivity contribution in [2.24, 2.45) is 0 Å². The zero-order valence-electron chi connectivity index (χ0n) is 10.6. The van der Waals surface area contributed by atoms with Crippen LogP contribution in [0.2, 0.25) is 0 Å². The summed E-state index contributed by atoms with van der Waals surface area (Å²) in [5.74, 6) is -0.0700. The van der Waals surface area contributed by atoms with Crippen molar-refractivity contribution in [2.75, 3.05) is 0 Å². The van der Waals surface area contributed by atoms with Crippen molar-refractivity contribution >= 4 is 22.3 Å². The van der Waals surface area contributed by atoms with E-state index < -0.39 is 0 Å². The Labute approximate surface area is 113 Å². The van der Waals surface area contributed by atoms with Gasteiger partial charge in [0.2, 0.25) is 11.2 Å². The summed E-state index contributed by atoms with van der Waals surface area (Å²) in [7, 11) is 0. The first-order chi connectivity index (χ1) is 9.06. The molecule has 0 fully saturated rings. The van der Waals surface area contributed by atoms with Crippen LogP contribution in [0.1, 0.15) is 11.1 Å². The second-order valence-corrected chi connectivity index (χ2v) is 5.51. The highest BCUT2D eigenvalue weighted by molar-refractivity contribution is 7.13. The maximum absolute atomic E-state index is 12.2. The molecule has 0 atom stereocenters. The molecule has 0 bridgehead atoms. The van der Waals surface area contributed by atoms with Crippen LogP contribution in [0.25, 0.3) is 21.6 Å². The number of rotatable bonds is 1. The lowest BCUT2D eigenvalue weighted by atomic mass is 10.1. The summed E-state index contributed by atoms with van der Waals surface area (Å²) in [6.07, 6.45) is 0. The maximum Gasteiger partial charge on any atom is 0.235 e. The van der Waals surface area contributed by atoms with Gasteiger partial charge in [0.25, 0.3) is 0 Å². The van der Waals surface area contributed by atoms with Crippen LogP contribution in [0.4, 0.5) is 0 Å². The largest absolute Gasteiger partial charge is 0.501 e. The normalized spacial score (nSPS) is 11.1. The smallest absolute Gasteiger partial charge is 0.235 e. The number of fused-ring (bicyclic) bond motifs is 1. The highest BCUT2D eigenvalue weighted by Crippen LogP contribution is 2.34. The summed E-state index contributed by atoms with van der Waals surface area (Å²) < 4.78 is 5.69. The fourth-order valence-corrected chi connectivity index (χ4v) is 2.90. The molecule has 1 N–H and O–H groups in total. The number of aromatic hydroxyl groups is 1. The summed E-state index contributed by atoms with van der Waals surface area (Å²) in [6, 6.07) is 7.26. The van der Waals surface area contributed by atoms with E-state index in [0.29, 0.717) is 11.0 Å². The molecule has 0 aliphatic rings. The zero-order valence-corrected chi connectivity index (χ0v) is 11.4.